The molecule has 1 aliphatic carbocycles. The molecule has 1 saturated heterocycles. The lowest BCUT2D eigenvalue weighted by Gasteiger charge is -2.45. The Morgan fingerprint density at radius 3 is 2.60 bits per heavy atom. The Hall–Kier alpha value is -1.92. The van der Waals surface area contributed by atoms with Crippen LogP contribution in [0.1, 0.15) is 31.7 Å². The third-order valence-electron chi connectivity index (χ3n) is 5.01. The number of esters is 1. The fourth-order valence-corrected chi connectivity index (χ4v) is 5.61. The van der Waals surface area contributed by atoms with Crippen molar-refractivity contribution in [3.05, 3.63) is 60.2 Å². The Kier molecular flexibility index (Phi) is 4.84. The molecule has 0 saturated carbocycles. The molecule has 0 bridgehead atoms. The summed E-state index contributed by atoms with van der Waals surface area (Å²) in [5, 5.41) is 0. The van der Waals surface area contributed by atoms with Crippen LogP contribution in [0.15, 0.2) is 54.6 Å². The van der Waals surface area contributed by atoms with Crippen molar-refractivity contribution in [2.45, 2.75) is 37.0 Å². The van der Waals surface area contributed by atoms with Gasteiger partial charge in [-0.1, -0.05) is 54.6 Å². The second-order valence-electron chi connectivity index (χ2n) is 6.49. The predicted molar refractivity (Wildman–Crippen MR) is 96.5 cm³/mol. The van der Waals surface area contributed by atoms with Crippen molar-refractivity contribution in [3.8, 4) is 0 Å². The average molecular weight is 361 g/mol. The summed E-state index contributed by atoms with van der Waals surface area (Å²) in [5.74, 6) is -0.778. The van der Waals surface area contributed by atoms with Gasteiger partial charge in [0.15, 0.2) is 0 Å². The third-order valence-corrected chi connectivity index (χ3v) is 7.57. The minimum Gasteiger partial charge on any atom is -0.465 e. The van der Waals surface area contributed by atoms with E-state index in [1.807, 2.05) is 42.5 Å². The van der Waals surface area contributed by atoms with Crippen LogP contribution < -0.4 is 0 Å². The SMILES string of the molecule is CCOC(=O)C1CCN1S(=O)(=O)C1(C)C=CC=CC1c1ccccc1. The third kappa shape index (κ3) is 2.93. The van der Waals surface area contributed by atoms with E-state index in [1.165, 1.54) is 4.31 Å². The summed E-state index contributed by atoms with van der Waals surface area (Å²) in [6, 6.07) is 8.86. The topological polar surface area (TPSA) is 63.7 Å². The van der Waals surface area contributed by atoms with Gasteiger partial charge in [-0.2, -0.15) is 4.31 Å². The highest BCUT2D eigenvalue weighted by atomic mass is 32.2. The van der Waals surface area contributed by atoms with Gasteiger partial charge in [0.1, 0.15) is 10.8 Å². The first-order valence-corrected chi connectivity index (χ1v) is 9.95. The number of rotatable bonds is 5. The molecule has 1 heterocycles. The standard InChI is InChI=1S/C19H23NO4S/c1-3-24-18(21)17-12-14-20(17)25(22,23)19(2)13-8-7-11-16(19)15-9-5-4-6-10-15/h4-11,13,16-17H,3,12,14H2,1-2H3. The Labute approximate surface area is 149 Å². The highest BCUT2D eigenvalue weighted by Crippen LogP contribution is 2.43. The highest BCUT2D eigenvalue weighted by Gasteiger charge is 2.53. The summed E-state index contributed by atoms with van der Waals surface area (Å²) in [6.45, 7) is 4.04. The van der Waals surface area contributed by atoms with Crippen molar-refractivity contribution >= 4 is 16.0 Å². The summed E-state index contributed by atoms with van der Waals surface area (Å²) in [6.07, 6.45) is 7.76. The molecule has 1 aromatic rings. The summed E-state index contributed by atoms with van der Waals surface area (Å²) >= 11 is 0. The number of benzene rings is 1. The number of carbonyl (C=O) groups excluding carboxylic acids is 1. The highest BCUT2D eigenvalue weighted by molar-refractivity contribution is 7.90. The van der Waals surface area contributed by atoms with E-state index in [0.29, 0.717) is 13.0 Å². The molecular formula is C19H23NO4S. The molecule has 0 N–H and O–H groups in total. The molecular weight excluding hydrogens is 338 g/mol. The number of hydrogen-bond donors (Lipinski definition) is 0. The van der Waals surface area contributed by atoms with Gasteiger partial charge in [0.05, 0.1) is 6.61 Å². The Balaban J connectivity index is 1.95. The quantitative estimate of drug-likeness (QED) is 0.757. The van der Waals surface area contributed by atoms with Crippen molar-refractivity contribution in [3.63, 3.8) is 0 Å². The van der Waals surface area contributed by atoms with Crippen LogP contribution in [0.2, 0.25) is 0 Å². The lowest BCUT2D eigenvalue weighted by atomic mass is 9.83. The van der Waals surface area contributed by atoms with E-state index in [4.69, 9.17) is 4.74 Å². The number of nitrogens with zero attached hydrogens (tertiary/aromatic N) is 1. The lowest BCUT2D eigenvalue weighted by Crippen LogP contribution is -2.61. The van der Waals surface area contributed by atoms with Crippen molar-refractivity contribution in [2.24, 2.45) is 0 Å². The van der Waals surface area contributed by atoms with Crippen LogP contribution in [0.25, 0.3) is 0 Å². The van der Waals surface area contributed by atoms with E-state index in [-0.39, 0.29) is 12.5 Å². The molecule has 0 aromatic heterocycles. The molecule has 3 unspecified atom stereocenters. The second-order valence-corrected chi connectivity index (χ2v) is 8.79. The van der Waals surface area contributed by atoms with Gasteiger partial charge in [-0.25, -0.2) is 8.42 Å². The van der Waals surface area contributed by atoms with Crippen LogP contribution in [0.4, 0.5) is 0 Å². The van der Waals surface area contributed by atoms with Gasteiger partial charge in [0.25, 0.3) is 0 Å². The first-order chi connectivity index (χ1) is 11.9. The van der Waals surface area contributed by atoms with Gasteiger partial charge < -0.3 is 4.74 Å². The maximum atomic E-state index is 13.4. The normalized spacial score (nSPS) is 29.2. The van der Waals surface area contributed by atoms with Crippen molar-refractivity contribution in [1.29, 1.82) is 0 Å². The summed E-state index contributed by atoms with van der Waals surface area (Å²) in [7, 11) is -3.74. The molecule has 25 heavy (non-hydrogen) atoms. The Morgan fingerprint density at radius 1 is 1.28 bits per heavy atom. The van der Waals surface area contributed by atoms with Crippen LogP contribution in [0.5, 0.6) is 0 Å². The number of allylic oxidation sites excluding steroid dienone is 3. The van der Waals surface area contributed by atoms with Gasteiger partial charge in [0, 0.05) is 12.5 Å². The maximum absolute atomic E-state index is 13.4. The number of sulfonamides is 1. The van der Waals surface area contributed by atoms with Gasteiger partial charge >= 0.3 is 5.97 Å². The zero-order valence-electron chi connectivity index (χ0n) is 14.5. The molecule has 3 atom stereocenters. The lowest BCUT2D eigenvalue weighted by molar-refractivity contribution is -0.151. The minimum atomic E-state index is -3.74. The molecule has 0 amide bonds. The zero-order chi connectivity index (χ0) is 18.1. The van der Waals surface area contributed by atoms with E-state index in [0.717, 1.165) is 5.56 Å². The molecule has 0 radical (unpaired) electrons. The number of ether oxygens (including phenoxy) is 1. The van der Waals surface area contributed by atoms with E-state index in [2.05, 4.69) is 0 Å². The summed E-state index contributed by atoms with van der Waals surface area (Å²) in [5.41, 5.74) is 0.933. The van der Waals surface area contributed by atoms with Crippen LogP contribution in [0, 0.1) is 0 Å². The zero-order valence-corrected chi connectivity index (χ0v) is 15.3. The fraction of sp³-hybridized carbons (Fsp3) is 0.421. The van der Waals surface area contributed by atoms with Crippen molar-refractivity contribution < 1.29 is 17.9 Å². The molecule has 0 spiro atoms. The molecule has 2 aliphatic rings. The van der Waals surface area contributed by atoms with Crippen LogP contribution >= 0.6 is 0 Å². The van der Waals surface area contributed by atoms with Gasteiger partial charge in [-0.05, 0) is 25.8 Å². The fourth-order valence-electron chi connectivity index (χ4n) is 3.44. The number of carbonyl (C=O) groups is 1. The minimum absolute atomic E-state index is 0.246. The monoisotopic (exact) mass is 361 g/mol. The Morgan fingerprint density at radius 2 is 2.00 bits per heavy atom. The average Bonchev–Trinajstić information content (AvgIpc) is 2.54. The molecule has 1 aliphatic heterocycles. The molecule has 1 aromatic carbocycles. The smallest absolute Gasteiger partial charge is 0.324 e. The molecule has 6 heteroatoms. The second kappa shape index (κ2) is 6.77. The summed E-state index contributed by atoms with van der Waals surface area (Å²) in [4.78, 5) is 12.1. The molecule has 1 fully saturated rings. The van der Waals surface area contributed by atoms with Crippen LogP contribution in [0.3, 0.4) is 0 Å². The van der Waals surface area contributed by atoms with Crippen molar-refractivity contribution in [2.75, 3.05) is 13.2 Å². The van der Waals surface area contributed by atoms with E-state index < -0.39 is 26.8 Å². The van der Waals surface area contributed by atoms with Gasteiger partial charge in [-0.15, -0.1) is 0 Å². The van der Waals surface area contributed by atoms with E-state index in [9.17, 15) is 13.2 Å². The largest absolute Gasteiger partial charge is 0.465 e. The Bertz CT molecular complexity index is 800. The summed E-state index contributed by atoms with van der Waals surface area (Å²) < 4.78 is 32.0. The van der Waals surface area contributed by atoms with E-state index in [1.54, 1.807) is 26.0 Å². The molecule has 5 nitrogen and oxygen atoms in total. The number of hydrogen-bond acceptors (Lipinski definition) is 4. The molecule has 134 valence electrons. The van der Waals surface area contributed by atoms with Crippen LogP contribution in [-0.4, -0.2) is 42.6 Å². The van der Waals surface area contributed by atoms with E-state index >= 15 is 0 Å². The predicted octanol–water partition coefficient (Wildman–Crippen LogP) is 2.62. The van der Waals surface area contributed by atoms with Crippen molar-refractivity contribution in [1.82, 2.24) is 4.31 Å². The molecule has 3 rings (SSSR count). The van der Waals surface area contributed by atoms with Crippen LogP contribution in [-0.2, 0) is 19.6 Å². The first-order valence-electron chi connectivity index (χ1n) is 8.51. The van der Waals surface area contributed by atoms with Gasteiger partial charge in [0.2, 0.25) is 10.0 Å². The maximum Gasteiger partial charge on any atom is 0.324 e. The first kappa shape index (κ1) is 17.9. The van der Waals surface area contributed by atoms with Gasteiger partial charge in [-0.3, -0.25) is 4.79 Å².